The maximum Gasteiger partial charge on any atom is 0.292 e. The molecule has 0 bridgehead atoms. The summed E-state index contributed by atoms with van der Waals surface area (Å²) in [6.07, 6.45) is 0. The van der Waals surface area contributed by atoms with Gasteiger partial charge in [0.15, 0.2) is 5.41 Å². The quantitative estimate of drug-likeness (QED) is 0.856. The molecule has 1 aliphatic heterocycles. The number of nitrogens with zero attached hydrogens (tertiary/aromatic N) is 3. The van der Waals surface area contributed by atoms with Crippen LogP contribution in [0.25, 0.3) is 0 Å². The Bertz CT molecular complexity index is 762. The van der Waals surface area contributed by atoms with Crippen LogP contribution in [-0.4, -0.2) is 26.0 Å². The number of ether oxygens (including phenoxy) is 2. The summed E-state index contributed by atoms with van der Waals surface area (Å²) in [4.78, 5) is 4.14. The minimum atomic E-state index is -1.62. The van der Waals surface area contributed by atoms with E-state index in [1.807, 2.05) is 0 Å². The number of halogens is 1. The summed E-state index contributed by atoms with van der Waals surface area (Å²) in [5, 5.41) is 20.1. The first-order chi connectivity index (χ1) is 10.5. The van der Waals surface area contributed by atoms with Crippen molar-refractivity contribution in [3.63, 3.8) is 0 Å². The highest BCUT2D eigenvalue weighted by Gasteiger charge is 2.93. The smallest absolute Gasteiger partial charge is 0.292 e. The largest absolute Gasteiger partial charge is 0.386 e. The lowest BCUT2D eigenvalue weighted by atomic mass is 9.93. The lowest BCUT2D eigenvalue weighted by Crippen LogP contribution is -2.41. The van der Waals surface area contributed by atoms with E-state index in [9.17, 15) is 10.5 Å². The summed E-state index contributed by atoms with van der Waals surface area (Å²) in [7, 11) is 2.74. The average molecular weight is 317 g/mol. The fraction of sp³-hybridized carbons (Fsp3) is 0.400. The van der Waals surface area contributed by atoms with Crippen LogP contribution in [0, 0.1) is 33.5 Å². The Morgan fingerprint density at radius 2 is 1.86 bits per heavy atom. The molecular formula is C15H13ClN4O2. The number of nitriles is 2. The van der Waals surface area contributed by atoms with E-state index in [2.05, 4.69) is 17.1 Å². The van der Waals surface area contributed by atoms with Crippen molar-refractivity contribution < 1.29 is 9.47 Å². The normalized spacial score (nSPS) is 34.2. The standard InChI is InChI=1S/C15H13ClN4O2/c1-21-15(22-2)14(8-18)11(9-5-3-4-6-10(9)16)13(14,7-17)12(19)20-15/h3-6,11H,1-2H3,(H2,19,20)/t11-,13+,14+/m1/s1. The van der Waals surface area contributed by atoms with Gasteiger partial charge in [0.1, 0.15) is 11.3 Å². The molecule has 1 aromatic carbocycles. The number of amidine groups is 1. The molecule has 1 fully saturated rings. The number of aliphatic imine (C=N–C) groups is 1. The zero-order chi connectivity index (χ0) is 16.2. The van der Waals surface area contributed by atoms with Gasteiger partial charge in [-0.2, -0.15) is 10.5 Å². The molecule has 1 saturated carbocycles. The molecular weight excluding hydrogens is 304 g/mol. The second kappa shape index (κ2) is 4.44. The maximum atomic E-state index is 9.87. The van der Waals surface area contributed by atoms with Crippen LogP contribution in [0.5, 0.6) is 0 Å². The van der Waals surface area contributed by atoms with E-state index in [4.69, 9.17) is 26.8 Å². The minimum Gasteiger partial charge on any atom is -0.386 e. The van der Waals surface area contributed by atoms with Gasteiger partial charge in [-0.1, -0.05) is 29.8 Å². The third kappa shape index (κ3) is 1.25. The number of benzene rings is 1. The fourth-order valence-corrected chi connectivity index (χ4v) is 3.94. The summed E-state index contributed by atoms with van der Waals surface area (Å²) in [6, 6.07) is 11.4. The van der Waals surface area contributed by atoms with Crippen molar-refractivity contribution in [1.82, 2.24) is 0 Å². The van der Waals surface area contributed by atoms with Crippen LogP contribution in [0.2, 0.25) is 5.02 Å². The molecule has 0 unspecified atom stereocenters. The van der Waals surface area contributed by atoms with E-state index in [0.29, 0.717) is 10.6 Å². The summed E-state index contributed by atoms with van der Waals surface area (Å²) in [5.41, 5.74) is 3.99. The molecule has 3 rings (SSSR count). The van der Waals surface area contributed by atoms with Crippen LogP contribution in [-0.2, 0) is 9.47 Å². The Morgan fingerprint density at radius 1 is 1.23 bits per heavy atom. The van der Waals surface area contributed by atoms with Crippen LogP contribution < -0.4 is 5.73 Å². The molecule has 6 nitrogen and oxygen atoms in total. The lowest BCUT2D eigenvalue weighted by molar-refractivity contribution is -0.230. The van der Waals surface area contributed by atoms with Crippen molar-refractivity contribution in [2.24, 2.45) is 21.6 Å². The second-order valence-electron chi connectivity index (χ2n) is 5.28. The highest BCUT2D eigenvalue weighted by Crippen LogP contribution is 2.82. The maximum absolute atomic E-state index is 9.87. The van der Waals surface area contributed by atoms with E-state index < -0.39 is 22.7 Å². The summed E-state index contributed by atoms with van der Waals surface area (Å²) < 4.78 is 10.8. The van der Waals surface area contributed by atoms with Crippen molar-refractivity contribution in [3.05, 3.63) is 34.9 Å². The molecule has 22 heavy (non-hydrogen) atoms. The highest BCUT2D eigenvalue weighted by atomic mass is 35.5. The molecule has 1 aliphatic carbocycles. The van der Waals surface area contributed by atoms with Gasteiger partial charge in [0, 0.05) is 25.2 Å². The number of hydrogen-bond acceptors (Lipinski definition) is 6. The fourth-order valence-electron chi connectivity index (χ4n) is 3.70. The summed E-state index contributed by atoms with van der Waals surface area (Å²) in [5.74, 6) is -2.16. The summed E-state index contributed by atoms with van der Waals surface area (Å²) >= 11 is 6.25. The minimum absolute atomic E-state index is 0.0326. The van der Waals surface area contributed by atoms with Gasteiger partial charge in [-0.25, -0.2) is 4.99 Å². The first kappa shape index (κ1) is 14.8. The Morgan fingerprint density at radius 3 is 2.36 bits per heavy atom. The molecule has 0 radical (unpaired) electrons. The van der Waals surface area contributed by atoms with E-state index in [1.165, 1.54) is 14.2 Å². The molecule has 0 aromatic heterocycles. The number of rotatable bonds is 3. The van der Waals surface area contributed by atoms with Gasteiger partial charge in [0.05, 0.1) is 12.1 Å². The molecule has 2 aliphatic rings. The zero-order valence-corrected chi connectivity index (χ0v) is 12.8. The van der Waals surface area contributed by atoms with E-state index >= 15 is 0 Å². The topological polar surface area (TPSA) is 104 Å². The SMILES string of the molecule is COC1(OC)N=C(N)[C@]2(C#N)[C@@H](c3ccccc3Cl)[C@]12C#N. The predicted octanol–water partition coefficient (Wildman–Crippen LogP) is 1.77. The Kier molecular flexibility index (Phi) is 2.99. The molecule has 0 amide bonds. The third-order valence-corrected chi connectivity index (χ3v) is 5.04. The van der Waals surface area contributed by atoms with Crippen LogP contribution in [0.3, 0.4) is 0 Å². The molecule has 1 heterocycles. The first-order valence-electron chi connectivity index (χ1n) is 6.54. The van der Waals surface area contributed by atoms with Crippen molar-refractivity contribution >= 4 is 17.4 Å². The monoisotopic (exact) mass is 316 g/mol. The Hall–Kier alpha value is -2.12. The molecule has 3 atom stereocenters. The van der Waals surface area contributed by atoms with Crippen LogP contribution in [0.15, 0.2) is 29.3 Å². The molecule has 1 aromatic rings. The van der Waals surface area contributed by atoms with E-state index in [1.54, 1.807) is 24.3 Å². The molecule has 112 valence electrons. The van der Waals surface area contributed by atoms with Crippen molar-refractivity contribution in [2.45, 2.75) is 11.8 Å². The predicted molar refractivity (Wildman–Crippen MR) is 78.7 cm³/mol. The van der Waals surface area contributed by atoms with Gasteiger partial charge in [-0.3, -0.25) is 0 Å². The van der Waals surface area contributed by atoms with Crippen molar-refractivity contribution in [3.8, 4) is 12.1 Å². The van der Waals surface area contributed by atoms with Crippen molar-refractivity contribution in [2.75, 3.05) is 14.2 Å². The van der Waals surface area contributed by atoms with Crippen LogP contribution >= 0.6 is 11.6 Å². The van der Waals surface area contributed by atoms with Crippen LogP contribution in [0.4, 0.5) is 0 Å². The van der Waals surface area contributed by atoms with Crippen LogP contribution in [0.1, 0.15) is 11.5 Å². The van der Waals surface area contributed by atoms with E-state index in [0.717, 1.165) is 0 Å². The number of fused-ring (bicyclic) bond motifs is 1. The van der Waals surface area contributed by atoms with Gasteiger partial charge in [0.2, 0.25) is 0 Å². The summed E-state index contributed by atoms with van der Waals surface area (Å²) in [6.45, 7) is 0. The molecule has 0 spiro atoms. The number of methoxy groups -OCH3 is 2. The van der Waals surface area contributed by atoms with E-state index in [-0.39, 0.29) is 5.84 Å². The van der Waals surface area contributed by atoms with Gasteiger partial charge < -0.3 is 15.2 Å². The zero-order valence-electron chi connectivity index (χ0n) is 12.0. The molecule has 2 N–H and O–H groups in total. The lowest BCUT2D eigenvalue weighted by Gasteiger charge is -2.29. The Labute approximate surface area is 132 Å². The first-order valence-corrected chi connectivity index (χ1v) is 6.92. The average Bonchev–Trinajstić information content (AvgIpc) is 3.10. The van der Waals surface area contributed by atoms with Gasteiger partial charge in [-0.15, -0.1) is 0 Å². The van der Waals surface area contributed by atoms with Crippen molar-refractivity contribution in [1.29, 1.82) is 10.5 Å². The molecule has 7 heteroatoms. The van der Waals surface area contributed by atoms with Gasteiger partial charge >= 0.3 is 0 Å². The highest BCUT2D eigenvalue weighted by molar-refractivity contribution is 6.31. The van der Waals surface area contributed by atoms with Gasteiger partial charge in [-0.05, 0) is 11.6 Å². The van der Waals surface area contributed by atoms with Gasteiger partial charge in [0.25, 0.3) is 5.91 Å². The Balaban J connectivity index is 2.29. The molecule has 0 saturated heterocycles. The number of hydrogen-bond donors (Lipinski definition) is 1. The number of nitrogens with two attached hydrogens (primary N) is 1. The third-order valence-electron chi connectivity index (χ3n) is 4.70. The second-order valence-corrected chi connectivity index (χ2v) is 5.69.